The van der Waals surface area contributed by atoms with Crippen LogP contribution in [0, 0.1) is 5.41 Å². The molecule has 0 spiro atoms. The second-order valence-corrected chi connectivity index (χ2v) is 8.29. The molecule has 0 aromatic carbocycles. The van der Waals surface area contributed by atoms with E-state index in [9.17, 15) is 9.59 Å². The highest BCUT2D eigenvalue weighted by Gasteiger charge is 2.24. The Kier molecular flexibility index (Phi) is 6.06. The lowest BCUT2D eigenvalue weighted by Crippen LogP contribution is -2.13. The summed E-state index contributed by atoms with van der Waals surface area (Å²) >= 11 is 1.41. The first-order chi connectivity index (χ1) is 11.7. The molecule has 0 aliphatic rings. The van der Waals surface area contributed by atoms with Gasteiger partial charge in [0.2, 0.25) is 0 Å². The van der Waals surface area contributed by atoms with Gasteiger partial charge in [0.25, 0.3) is 5.91 Å². The molecule has 2 aromatic heterocycles. The van der Waals surface area contributed by atoms with Gasteiger partial charge in [0.15, 0.2) is 5.76 Å². The SMILES string of the molecule is CCOC(=O)c1cc(C(C)CC(C)(C)C)sc1NC(=O)c1ccco1. The number of anilines is 1. The number of esters is 1. The maximum Gasteiger partial charge on any atom is 0.341 e. The van der Waals surface area contributed by atoms with Gasteiger partial charge in [0.05, 0.1) is 18.4 Å². The normalized spacial score (nSPS) is 12.7. The third-order valence-corrected chi connectivity index (χ3v) is 4.90. The molecule has 1 N–H and O–H groups in total. The molecule has 0 aliphatic carbocycles. The van der Waals surface area contributed by atoms with Crippen LogP contribution in [0.1, 0.15) is 72.7 Å². The fourth-order valence-electron chi connectivity index (χ4n) is 2.70. The lowest BCUT2D eigenvalue weighted by Gasteiger charge is -2.22. The van der Waals surface area contributed by atoms with E-state index in [1.54, 1.807) is 19.1 Å². The van der Waals surface area contributed by atoms with E-state index in [4.69, 9.17) is 9.15 Å². The molecule has 2 heterocycles. The third-order valence-electron chi connectivity index (χ3n) is 3.62. The molecule has 6 heteroatoms. The van der Waals surface area contributed by atoms with Crippen molar-refractivity contribution in [3.8, 4) is 0 Å². The highest BCUT2D eigenvalue weighted by Crippen LogP contribution is 2.38. The molecular formula is C19H25NO4S. The van der Waals surface area contributed by atoms with Crippen molar-refractivity contribution in [1.29, 1.82) is 0 Å². The van der Waals surface area contributed by atoms with Crippen molar-refractivity contribution in [2.24, 2.45) is 5.41 Å². The molecule has 0 saturated carbocycles. The van der Waals surface area contributed by atoms with Crippen molar-refractivity contribution in [3.05, 3.63) is 40.7 Å². The van der Waals surface area contributed by atoms with Crippen LogP contribution in [-0.4, -0.2) is 18.5 Å². The Labute approximate surface area is 152 Å². The maximum absolute atomic E-state index is 12.3. The van der Waals surface area contributed by atoms with Gasteiger partial charge < -0.3 is 14.5 Å². The Morgan fingerprint density at radius 1 is 1.36 bits per heavy atom. The van der Waals surface area contributed by atoms with E-state index in [1.165, 1.54) is 17.6 Å². The summed E-state index contributed by atoms with van der Waals surface area (Å²) in [5.41, 5.74) is 0.563. The molecule has 0 aliphatic heterocycles. The zero-order valence-electron chi connectivity index (χ0n) is 15.3. The summed E-state index contributed by atoms with van der Waals surface area (Å²) in [5, 5.41) is 3.27. The van der Waals surface area contributed by atoms with E-state index < -0.39 is 5.97 Å². The first-order valence-electron chi connectivity index (χ1n) is 8.37. The Bertz CT molecular complexity index is 725. The van der Waals surface area contributed by atoms with Gasteiger partial charge in [-0.15, -0.1) is 11.3 Å². The number of carbonyl (C=O) groups is 2. The average Bonchev–Trinajstić information content (AvgIpc) is 3.15. The number of carbonyl (C=O) groups excluding carboxylic acids is 2. The average molecular weight is 363 g/mol. The number of nitrogens with one attached hydrogen (secondary N) is 1. The van der Waals surface area contributed by atoms with E-state index in [1.807, 2.05) is 6.07 Å². The van der Waals surface area contributed by atoms with Crippen LogP contribution < -0.4 is 5.32 Å². The summed E-state index contributed by atoms with van der Waals surface area (Å²) in [7, 11) is 0. The molecular weight excluding hydrogens is 338 g/mol. The van der Waals surface area contributed by atoms with Crippen molar-refractivity contribution in [1.82, 2.24) is 0 Å². The highest BCUT2D eigenvalue weighted by atomic mass is 32.1. The Morgan fingerprint density at radius 3 is 2.64 bits per heavy atom. The fourth-order valence-corrected chi connectivity index (χ4v) is 3.79. The van der Waals surface area contributed by atoms with Gasteiger partial charge in [-0.05, 0) is 42.9 Å². The van der Waals surface area contributed by atoms with Gasteiger partial charge in [-0.1, -0.05) is 27.7 Å². The predicted molar refractivity (Wildman–Crippen MR) is 99.4 cm³/mol. The summed E-state index contributed by atoms with van der Waals surface area (Å²) in [4.78, 5) is 25.6. The number of rotatable bonds is 6. The minimum Gasteiger partial charge on any atom is -0.462 e. The van der Waals surface area contributed by atoms with Crippen LogP contribution in [0.2, 0.25) is 0 Å². The highest BCUT2D eigenvalue weighted by molar-refractivity contribution is 7.16. The Hall–Kier alpha value is -2.08. The van der Waals surface area contributed by atoms with Crippen molar-refractivity contribution in [2.45, 2.75) is 47.0 Å². The molecule has 2 aromatic rings. The Balaban J connectivity index is 2.29. The first kappa shape index (κ1) is 19.2. The molecule has 1 amide bonds. The smallest absolute Gasteiger partial charge is 0.341 e. The van der Waals surface area contributed by atoms with E-state index in [-0.39, 0.29) is 29.6 Å². The molecule has 1 atom stereocenters. The minimum atomic E-state index is -0.428. The van der Waals surface area contributed by atoms with E-state index in [0.29, 0.717) is 10.6 Å². The zero-order chi connectivity index (χ0) is 18.6. The number of hydrogen-bond acceptors (Lipinski definition) is 5. The van der Waals surface area contributed by atoms with Gasteiger partial charge in [0, 0.05) is 4.88 Å². The van der Waals surface area contributed by atoms with Crippen LogP contribution in [0.25, 0.3) is 0 Å². The number of furan rings is 1. The largest absolute Gasteiger partial charge is 0.462 e. The molecule has 1 unspecified atom stereocenters. The summed E-state index contributed by atoms with van der Waals surface area (Å²) in [5.74, 6) is -0.338. The van der Waals surface area contributed by atoms with E-state index in [0.717, 1.165) is 11.3 Å². The minimum absolute atomic E-state index is 0.172. The predicted octanol–water partition coefficient (Wildman–Crippen LogP) is 5.31. The van der Waals surface area contributed by atoms with Crippen LogP contribution in [0.5, 0.6) is 0 Å². The molecule has 0 fully saturated rings. The van der Waals surface area contributed by atoms with Gasteiger partial charge in [-0.2, -0.15) is 0 Å². The maximum atomic E-state index is 12.3. The standard InChI is InChI=1S/C19H25NO4S/c1-6-23-18(22)13-10-15(12(2)11-19(3,4)5)25-17(13)20-16(21)14-8-7-9-24-14/h7-10,12H,6,11H2,1-5H3,(H,20,21). The van der Waals surface area contributed by atoms with Gasteiger partial charge >= 0.3 is 5.97 Å². The third kappa shape index (κ3) is 5.19. The van der Waals surface area contributed by atoms with Crippen molar-refractivity contribution in [2.75, 3.05) is 11.9 Å². The number of hydrogen-bond donors (Lipinski definition) is 1. The van der Waals surface area contributed by atoms with Crippen LogP contribution in [0.15, 0.2) is 28.9 Å². The van der Waals surface area contributed by atoms with Crippen molar-refractivity contribution >= 4 is 28.2 Å². The summed E-state index contributed by atoms with van der Waals surface area (Å²) in [6.07, 6.45) is 2.41. The molecule has 0 saturated heterocycles. The number of amides is 1. The molecule has 136 valence electrons. The summed E-state index contributed by atoms with van der Waals surface area (Å²) < 4.78 is 10.2. The second-order valence-electron chi connectivity index (χ2n) is 7.21. The quantitative estimate of drug-likeness (QED) is 0.706. The second kappa shape index (κ2) is 7.87. The zero-order valence-corrected chi connectivity index (χ0v) is 16.2. The molecule has 0 radical (unpaired) electrons. The monoisotopic (exact) mass is 363 g/mol. The van der Waals surface area contributed by atoms with Gasteiger partial charge in [-0.3, -0.25) is 4.79 Å². The van der Waals surface area contributed by atoms with Crippen LogP contribution >= 0.6 is 11.3 Å². The summed E-state index contributed by atoms with van der Waals surface area (Å²) in [6.45, 7) is 10.7. The van der Waals surface area contributed by atoms with E-state index >= 15 is 0 Å². The van der Waals surface area contributed by atoms with Gasteiger partial charge in [-0.25, -0.2) is 4.79 Å². The molecule has 0 bridgehead atoms. The fraction of sp³-hybridized carbons (Fsp3) is 0.474. The van der Waals surface area contributed by atoms with Crippen LogP contribution in [0.4, 0.5) is 5.00 Å². The molecule has 2 rings (SSSR count). The number of ether oxygens (including phenoxy) is 1. The molecule has 25 heavy (non-hydrogen) atoms. The van der Waals surface area contributed by atoms with Crippen molar-refractivity contribution < 1.29 is 18.7 Å². The first-order valence-corrected chi connectivity index (χ1v) is 9.18. The molecule has 5 nitrogen and oxygen atoms in total. The number of thiophene rings is 1. The topological polar surface area (TPSA) is 68.5 Å². The van der Waals surface area contributed by atoms with Crippen LogP contribution in [-0.2, 0) is 4.74 Å². The lowest BCUT2D eigenvalue weighted by atomic mass is 9.85. The lowest BCUT2D eigenvalue weighted by molar-refractivity contribution is 0.0528. The summed E-state index contributed by atoms with van der Waals surface area (Å²) in [6, 6.07) is 5.05. The van der Waals surface area contributed by atoms with Gasteiger partial charge in [0.1, 0.15) is 5.00 Å². The van der Waals surface area contributed by atoms with Crippen LogP contribution in [0.3, 0.4) is 0 Å². The Morgan fingerprint density at radius 2 is 2.08 bits per heavy atom. The van der Waals surface area contributed by atoms with Crippen molar-refractivity contribution in [3.63, 3.8) is 0 Å². The van der Waals surface area contributed by atoms with E-state index in [2.05, 4.69) is 33.0 Å².